The number of nitrogens with one attached hydrogen (secondary N) is 2. The van der Waals surface area contributed by atoms with Crippen LogP contribution in [0.15, 0.2) is 53.9 Å². The normalized spacial score (nSPS) is 16.4. The maximum Gasteiger partial charge on any atom is 0.246 e. The molecule has 24 heavy (non-hydrogen) atoms. The van der Waals surface area contributed by atoms with Crippen LogP contribution < -0.4 is 10.6 Å². The zero-order chi connectivity index (χ0) is 16.4. The lowest BCUT2D eigenvalue weighted by Gasteiger charge is -2.26. The van der Waals surface area contributed by atoms with E-state index in [1.54, 1.807) is 0 Å². The number of amides is 1. The number of aromatic nitrogens is 2. The predicted octanol–water partition coefficient (Wildman–Crippen LogP) is 3.03. The fraction of sp³-hybridized carbons (Fsp3) is 0.167. The first-order valence-corrected chi connectivity index (χ1v) is 8.64. The van der Waals surface area contributed by atoms with E-state index in [0.717, 1.165) is 35.5 Å². The van der Waals surface area contributed by atoms with Crippen molar-refractivity contribution in [1.29, 1.82) is 0 Å². The van der Waals surface area contributed by atoms with Crippen molar-refractivity contribution >= 4 is 23.1 Å². The standard InChI is InChI=1S/C18H16N4OS/c23-18(17-15-4-2-1-3-12(15)9-10-19-17)20-14-7-5-13(6-8-14)16-11-24-22-21-16/h1-8,11,17,19H,9-10H2,(H,20,23)/t17-/m1/s1. The van der Waals surface area contributed by atoms with Crippen molar-refractivity contribution in [3.05, 3.63) is 65.0 Å². The van der Waals surface area contributed by atoms with Crippen LogP contribution in [0.5, 0.6) is 0 Å². The Morgan fingerprint density at radius 2 is 2.00 bits per heavy atom. The summed E-state index contributed by atoms with van der Waals surface area (Å²) in [5, 5.41) is 12.2. The van der Waals surface area contributed by atoms with Crippen molar-refractivity contribution in [3.63, 3.8) is 0 Å². The molecule has 1 aliphatic rings. The molecule has 0 radical (unpaired) electrons. The highest BCUT2D eigenvalue weighted by atomic mass is 32.1. The van der Waals surface area contributed by atoms with Crippen LogP contribution >= 0.6 is 11.5 Å². The van der Waals surface area contributed by atoms with Gasteiger partial charge in [0.05, 0.1) is 0 Å². The van der Waals surface area contributed by atoms with Gasteiger partial charge >= 0.3 is 0 Å². The number of anilines is 1. The fourth-order valence-electron chi connectivity index (χ4n) is 2.97. The average molecular weight is 336 g/mol. The lowest BCUT2D eigenvalue weighted by Crippen LogP contribution is -2.38. The molecule has 2 heterocycles. The van der Waals surface area contributed by atoms with Crippen molar-refractivity contribution in [1.82, 2.24) is 14.9 Å². The minimum absolute atomic E-state index is 0.0368. The molecule has 0 fully saturated rings. The van der Waals surface area contributed by atoms with Crippen LogP contribution in [0, 0.1) is 0 Å². The Bertz CT molecular complexity index is 846. The van der Waals surface area contributed by atoms with Crippen molar-refractivity contribution in [2.45, 2.75) is 12.5 Å². The van der Waals surface area contributed by atoms with E-state index in [2.05, 4.69) is 26.3 Å². The Balaban J connectivity index is 1.51. The summed E-state index contributed by atoms with van der Waals surface area (Å²) in [6, 6.07) is 15.5. The van der Waals surface area contributed by atoms with Crippen LogP contribution in [-0.4, -0.2) is 22.0 Å². The zero-order valence-electron chi connectivity index (χ0n) is 12.9. The van der Waals surface area contributed by atoms with Crippen LogP contribution in [-0.2, 0) is 11.2 Å². The van der Waals surface area contributed by atoms with Gasteiger partial charge in [0.25, 0.3) is 0 Å². The van der Waals surface area contributed by atoms with Crippen LogP contribution in [0.25, 0.3) is 11.3 Å². The molecule has 0 saturated heterocycles. The molecule has 4 rings (SSSR count). The molecule has 1 atom stereocenters. The van der Waals surface area contributed by atoms with Crippen LogP contribution in [0.2, 0.25) is 0 Å². The quantitative estimate of drug-likeness (QED) is 0.771. The first kappa shape index (κ1) is 15.0. The van der Waals surface area contributed by atoms with E-state index in [9.17, 15) is 4.79 Å². The minimum Gasteiger partial charge on any atom is -0.324 e. The number of carbonyl (C=O) groups excluding carboxylic acids is 1. The van der Waals surface area contributed by atoms with E-state index in [1.807, 2.05) is 47.8 Å². The minimum atomic E-state index is -0.308. The van der Waals surface area contributed by atoms with E-state index in [0.29, 0.717) is 0 Å². The van der Waals surface area contributed by atoms with Gasteiger partial charge in [-0.1, -0.05) is 40.9 Å². The second-order valence-electron chi connectivity index (χ2n) is 5.69. The van der Waals surface area contributed by atoms with Gasteiger partial charge < -0.3 is 10.6 Å². The van der Waals surface area contributed by atoms with Crippen LogP contribution in [0.1, 0.15) is 17.2 Å². The second-order valence-corrected chi connectivity index (χ2v) is 6.30. The Morgan fingerprint density at radius 1 is 1.17 bits per heavy atom. The molecular formula is C18H16N4OS. The molecule has 6 heteroatoms. The molecule has 0 bridgehead atoms. The number of rotatable bonds is 3. The van der Waals surface area contributed by atoms with Gasteiger partial charge in [0.1, 0.15) is 11.7 Å². The molecule has 0 saturated carbocycles. The molecule has 0 unspecified atom stereocenters. The smallest absolute Gasteiger partial charge is 0.246 e. The molecule has 3 aromatic rings. The molecule has 1 amide bonds. The molecule has 0 spiro atoms. The topological polar surface area (TPSA) is 66.9 Å². The molecule has 2 aromatic carbocycles. The summed E-state index contributed by atoms with van der Waals surface area (Å²) in [5.41, 5.74) is 4.91. The van der Waals surface area contributed by atoms with Gasteiger partial charge in [-0.2, -0.15) is 0 Å². The summed E-state index contributed by atoms with van der Waals surface area (Å²) >= 11 is 1.32. The third-order valence-corrected chi connectivity index (χ3v) is 4.68. The number of hydrogen-bond donors (Lipinski definition) is 2. The van der Waals surface area contributed by atoms with E-state index >= 15 is 0 Å². The monoisotopic (exact) mass is 336 g/mol. The number of benzene rings is 2. The molecule has 1 aromatic heterocycles. The van der Waals surface area contributed by atoms with Gasteiger partial charge in [0.2, 0.25) is 5.91 Å². The van der Waals surface area contributed by atoms with E-state index in [-0.39, 0.29) is 11.9 Å². The van der Waals surface area contributed by atoms with Crippen molar-refractivity contribution < 1.29 is 4.79 Å². The third kappa shape index (κ3) is 2.93. The highest BCUT2D eigenvalue weighted by molar-refractivity contribution is 7.03. The number of carbonyl (C=O) groups is 1. The highest BCUT2D eigenvalue weighted by Crippen LogP contribution is 2.25. The summed E-state index contributed by atoms with van der Waals surface area (Å²) in [6.45, 7) is 0.810. The first-order valence-electron chi connectivity index (χ1n) is 7.81. The largest absolute Gasteiger partial charge is 0.324 e. The van der Waals surface area contributed by atoms with Crippen LogP contribution in [0.3, 0.4) is 0 Å². The number of hydrogen-bond acceptors (Lipinski definition) is 5. The fourth-order valence-corrected chi connectivity index (χ4v) is 3.43. The highest BCUT2D eigenvalue weighted by Gasteiger charge is 2.25. The predicted molar refractivity (Wildman–Crippen MR) is 94.9 cm³/mol. The van der Waals surface area contributed by atoms with Crippen molar-refractivity contribution in [3.8, 4) is 11.3 Å². The Hall–Kier alpha value is -2.57. The summed E-state index contributed by atoms with van der Waals surface area (Å²) in [4.78, 5) is 12.6. The Kier molecular flexibility index (Phi) is 4.06. The van der Waals surface area contributed by atoms with E-state index < -0.39 is 0 Å². The molecule has 2 N–H and O–H groups in total. The van der Waals surface area contributed by atoms with Gasteiger partial charge in [-0.25, -0.2) is 0 Å². The van der Waals surface area contributed by atoms with E-state index in [1.165, 1.54) is 17.1 Å². The number of fused-ring (bicyclic) bond motifs is 1. The molecule has 0 aliphatic carbocycles. The van der Waals surface area contributed by atoms with Gasteiger partial charge in [-0.3, -0.25) is 4.79 Å². The lowest BCUT2D eigenvalue weighted by atomic mass is 9.94. The molecule has 120 valence electrons. The van der Waals surface area contributed by atoms with Gasteiger partial charge in [-0.15, -0.1) is 5.10 Å². The SMILES string of the molecule is O=C(Nc1ccc(-c2csnn2)cc1)[C@@H]1NCCc2ccccc21. The summed E-state index contributed by atoms with van der Waals surface area (Å²) < 4.78 is 3.87. The first-order chi connectivity index (χ1) is 11.8. The molecular weight excluding hydrogens is 320 g/mol. The van der Waals surface area contributed by atoms with Gasteiger partial charge in [0, 0.05) is 23.2 Å². The maximum atomic E-state index is 12.6. The van der Waals surface area contributed by atoms with Crippen LogP contribution in [0.4, 0.5) is 5.69 Å². The third-order valence-electron chi connectivity index (χ3n) is 4.18. The lowest BCUT2D eigenvalue weighted by molar-refractivity contribution is -0.118. The zero-order valence-corrected chi connectivity index (χ0v) is 13.7. The van der Waals surface area contributed by atoms with Gasteiger partial charge in [0.15, 0.2) is 0 Å². The Labute approximate surface area is 143 Å². The summed E-state index contributed by atoms with van der Waals surface area (Å²) in [7, 11) is 0. The van der Waals surface area contributed by atoms with Crippen molar-refractivity contribution in [2.24, 2.45) is 0 Å². The number of nitrogens with zero attached hydrogens (tertiary/aromatic N) is 2. The summed E-state index contributed by atoms with van der Waals surface area (Å²) in [6.07, 6.45) is 0.955. The van der Waals surface area contributed by atoms with Gasteiger partial charge in [-0.05, 0) is 41.2 Å². The Morgan fingerprint density at radius 3 is 2.79 bits per heavy atom. The van der Waals surface area contributed by atoms with E-state index in [4.69, 9.17) is 0 Å². The average Bonchev–Trinajstić information content (AvgIpc) is 3.16. The summed E-state index contributed by atoms with van der Waals surface area (Å²) in [5.74, 6) is -0.0368. The molecule has 1 aliphatic heterocycles. The second kappa shape index (κ2) is 6.51. The van der Waals surface area contributed by atoms with Crippen molar-refractivity contribution in [2.75, 3.05) is 11.9 Å². The molecule has 5 nitrogen and oxygen atoms in total. The maximum absolute atomic E-state index is 12.6.